The fraction of sp³-hybridized carbons (Fsp3) is 0. The highest BCUT2D eigenvalue weighted by Crippen LogP contribution is 2.43. The largest absolute Gasteiger partial charge is 0.309 e. The summed E-state index contributed by atoms with van der Waals surface area (Å²) in [6, 6.07) is 194. The van der Waals surface area contributed by atoms with Crippen LogP contribution in [0.15, 0.2) is 522 Å². The molecule has 0 radical (unpaired) electrons. The lowest BCUT2D eigenvalue weighted by molar-refractivity contribution is 1.17. The normalized spacial score (nSPS) is 11.9. The molecule has 26 rings (SSSR count). The molecule has 0 aliphatic heterocycles. The van der Waals surface area contributed by atoms with Gasteiger partial charge in [0.2, 0.25) is 0 Å². The van der Waals surface area contributed by atoms with Crippen LogP contribution in [0.25, 0.3) is 176 Å². The van der Waals surface area contributed by atoms with E-state index in [2.05, 4.69) is 540 Å². The molecule has 0 saturated carbocycles. The van der Waals surface area contributed by atoms with Crippen LogP contribution in [-0.4, -0.2) is 34.4 Å². The maximum Gasteiger partial charge on any atom is 0.179 e. The minimum absolute atomic E-state index is 1.15. The zero-order valence-corrected chi connectivity index (χ0v) is 74.4. The standard InChI is InChI=1S/C66H46N2Si.C60H40N2Si/c1-6-23-53(24-7-1)67-63-35-17-16-34-59(63)60-44-51(37-39-64(60)67)52-38-41-66-62(46-52)61-45-50(36-40-65(61)68(66)54-25-8-2-9-26-54)48-21-18-20-47(42-48)49-22-19-33-58(43-49)69(55-27-10-3-11-28-55,56-29-12-4-13-30-56)57-31-14-5-15-32-57;1-3-19-43(20-4-1)63(44-21-5-2-6-22-44,46-35-36-51-49-26-8-7-24-47(49)48-25-9-10-27-50(48)55(51)40-46)45-23-17-18-41(38-45)61-59-33-16-13-30-54(59)56-39-42(34-37-60(56)61)62-57-31-14-11-28-52(57)53-29-12-15-32-58(53)62/h1-46H;1-40H. The van der Waals surface area contributed by atoms with Crippen LogP contribution in [0.1, 0.15) is 0 Å². The summed E-state index contributed by atoms with van der Waals surface area (Å²) in [5, 5.41) is 28.6. The van der Waals surface area contributed by atoms with Gasteiger partial charge >= 0.3 is 0 Å². The van der Waals surface area contributed by atoms with Crippen molar-refractivity contribution in [1.29, 1.82) is 0 Å². The second-order valence-electron chi connectivity index (χ2n) is 34.9. The Balaban J connectivity index is 0.000000142. The van der Waals surface area contributed by atoms with Crippen molar-refractivity contribution in [2.75, 3.05) is 0 Å². The third kappa shape index (κ3) is 12.6. The van der Waals surface area contributed by atoms with Gasteiger partial charge < -0.3 is 18.3 Å². The Morgan fingerprint density at radius 3 is 0.742 bits per heavy atom. The molecule has 22 aromatic carbocycles. The fourth-order valence-electron chi connectivity index (χ4n) is 22.1. The number of hydrogen-bond acceptors (Lipinski definition) is 0. The summed E-state index contributed by atoms with van der Waals surface area (Å²) in [6.07, 6.45) is 0. The first-order chi connectivity index (χ1) is 65.5. The Morgan fingerprint density at radius 1 is 0.106 bits per heavy atom. The average molecular weight is 1710 g/mol. The number of hydrogen-bond donors (Lipinski definition) is 0. The SMILES string of the molecule is c1ccc(-n2c3ccccc3c3cc(-c4ccc5c(c4)c4cc(-c6cccc(-c7cccc([Si](c8ccccc8)(c8ccccc8)c8ccccc8)c7)c6)ccc4n5-c4ccccc4)ccc32)cc1.c1ccc([Si](c2ccccc2)(c2cccc(-n3c4ccccc4c4cc(-n5c6ccccc6c6ccccc65)ccc43)c2)c2ccc3c4ccccc4c4ccccc4c3c2)cc1. The second-order valence-corrected chi connectivity index (χ2v) is 42.5. The summed E-state index contributed by atoms with van der Waals surface area (Å²) in [7, 11) is -5.66. The molecule has 0 atom stereocenters. The van der Waals surface area contributed by atoms with Crippen LogP contribution in [0.4, 0.5) is 0 Å². The van der Waals surface area contributed by atoms with E-state index in [1.54, 1.807) is 0 Å². The highest BCUT2D eigenvalue weighted by Gasteiger charge is 2.44. The molecule has 0 aliphatic carbocycles. The summed E-state index contributed by atoms with van der Waals surface area (Å²) >= 11 is 0. The zero-order chi connectivity index (χ0) is 87.2. The second kappa shape index (κ2) is 32.2. The molecule has 0 amide bonds. The third-order valence-corrected chi connectivity index (χ3v) is 37.4. The lowest BCUT2D eigenvalue weighted by atomic mass is 9.94. The smallest absolute Gasteiger partial charge is 0.179 e. The number of aromatic nitrogens is 4. The number of rotatable bonds is 15. The van der Waals surface area contributed by atoms with Gasteiger partial charge in [-0.2, -0.15) is 0 Å². The Bertz CT molecular complexity index is 8720. The molecule has 132 heavy (non-hydrogen) atoms. The van der Waals surface area contributed by atoms with Crippen molar-refractivity contribution in [3.8, 4) is 56.1 Å². The predicted molar refractivity (Wildman–Crippen MR) is 566 cm³/mol. The summed E-state index contributed by atoms with van der Waals surface area (Å²) in [5.74, 6) is 0. The molecule has 6 heteroatoms. The number of nitrogens with zero attached hydrogens (tertiary/aromatic N) is 4. The molecular weight excluding hydrogens is 1630 g/mol. The van der Waals surface area contributed by atoms with E-state index in [4.69, 9.17) is 0 Å². The first-order valence-electron chi connectivity index (χ1n) is 45.7. The van der Waals surface area contributed by atoms with Gasteiger partial charge in [-0.1, -0.05) is 400 Å². The van der Waals surface area contributed by atoms with Gasteiger partial charge in [0.15, 0.2) is 16.1 Å². The van der Waals surface area contributed by atoms with Gasteiger partial charge in [0.05, 0.1) is 44.1 Å². The summed E-state index contributed by atoms with van der Waals surface area (Å²) < 4.78 is 9.71. The van der Waals surface area contributed by atoms with Crippen LogP contribution >= 0.6 is 0 Å². The van der Waals surface area contributed by atoms with Crippen LogP contribution in [0.5, 0.6) is 0 Å². The van der Waals surface area contributed by atoms with Gasteiger partial charge in [0.25, 0.3) is 0 Å². The molecule has 0 aliphatic rings. The van der Waals surface area contributed by atoms with E-state index < -0.39 is 16.1 Å². The molecule has 4 aromatic heterocycles. The van der Waals surface area contributed by atoms with E-state index in [1.165, 1.54) is 200 Å². The van der Waals surface area contributed by atoms with Gasteiger partial charge in [-0.25, -0.2) is 0 Å². The van der Waals surface area contributed by atoms with E-state index in [1.807, 2.05) is 0 Å². The van der Waals surface area contributed by atoms with Crippen LogP contribution in [-0.2, 0) is 0 Å². The minimum Gasteiger partial charge on any atom is -0.309 e. The monoisotopic (exact) mass is 1710 g/mol. The molecule has 0 N–H and O–H groups in total. The summed E-state index contributed by atoms with van der Waals surface area (Å²) in [5.41, 5.74) is 21.4. The van der Waals surface area contributed by atoms with E-state index in [0.717, 1.165) is 17.1 Å². The average Bonchev–Trinajstić information content (AvgIpc) is 1.53. The molecule has 0 spiro atoms. The molecule has 0 saturated heterocycles. The Labute approximate surface area is 767 Å². The van der Waals surface area contributed by atoms with Gasteiger partial charge in [0.1, 0.15) is 0 Å². The molecule has 618 valence electrons. The molecule has 0 bridgehead atoms. The maximum atomic E-state index is 2.54. The third-order valence-electron chi connectivity index (χ3n) is 27.9. The Kier molecular flexibility index (Phi) is 18.9. The van der Waals surface area contributed by atoms with Crippen molar-refractivity contribution < 1.29 is 0 Å². The maximum absolute atomic E-state index is 2.97. The van der Waals surface area contributed by atoms with Gasteiger partial charge in [-0.15, -0.1) is 0 Å². The van der Waals surface area contributed by atoms with Crippen molar-refractivity contribution in [2.45, 2.75) is 0 Å². The van der Waals surface area contributed by atoms with Crippen LogP contribution in [0, 0.1) is 0 Å². The van der Waals surface area contributed by atoms with E-state index >= 15 is 0 Å². The summed E-state index contributed by atoms with van der Waals surface area (Å²) in [6.45, 7) is 0. The first-order valence-corrected chi connectivity index (χ1v) is 49.7. The Hall–Kier alpha value is -16.7. The van der Waals surface area contributed by atoms with Crippen molar-refractivity contribution in [3.63, 3.8) is 0 Å². The zero-order valence-electron chi connectivity index (χ0n) is 72.4. The number of benzene rings is 22. The molecule has 0 fully saturated rings. The lowest BCUT2D eigenvalue weighted by Crippen LogP contribution is -2.74. The quantitative estimate of drug-likeness (QED) is 0.0554. The van der Waals surface area contributed by atoms with Gasteiger partial charge in [-0.05, 0) is 229 Å². The van der Waals surface area contributed by atoms with Crippen molar-refractivity contribution in [3.05, 3.63) is 522 Å². The summed E-state index contributed by atoms with van der Waals surface area (Å²) in [4.78, 5) is 0. The van der Waals surface area contributed by atoms with Gasteiger partial charge in [-0.3, -0.25) is 0 Å². The molecule has 4 heterocycles. The molecule has 26 aromatic rings. The number of para-hydroxylation sites is 6. The minimum atomic E-state index is -2.97. The molecule has 4 nitrogen and oxygen atoms in total. The number of fused-ring (bicyclic) bond motifs is 18. The van der Waals surface area contributed by atoms with E-state index in [9.17, 15) is 0 Å². The van der Waals surface area contributed by atoms with E-state index in [0.29, 0.717) is 0 Å². The molecule has 0 unspecified atom stereocenters. The van der Waals surface area contributed by atoms with Crippen molar-refractivity contribution in [1.82, 2.24) is 18.3 Å². The molecular formula is C126H86N4Si2. The van der Waals surface area contributed by atoms with Crippen LogP contribution in [0.2, 0.25) is 0 Å². The Morgan fingerprint density at radius 2 is 0.341 bits per heavy atom. The highest BCUT2D eigenvalue weighted by molar-refractivity contribution is 7.20. The van der Waals surface area contributed by atoms with Crippen LogP contribution in [0.3, 0.4) is 0 Å². The van der Waals surface area contributed by atoms with Crippen molar-refractivity contribution in [2.24, 2.45) is 0 Å². The first kappa shape index (κ1) is 77.6. The predicted octanol–water partition coefficient (Wildman–Crippen LogP) is 27.0. The van der Waals surface area contributed by atoms with Gasteiger partial charge in [0, 0.05) is 65.8 Å². The van der Waals surface area contributed by atoms with Crippen LogP contribution < -0.4 is 41.5 Å². The highest BCUT2D eigenvalue weighted by atomic mass is 28.3. The topological polar surface area (TPSA) is 19.7 Å². The van der Waals surface area contributed by atoms with E-state index in [-0.39, 0.29) is 0 Å². The van der Waals surface area contributed by atoms with Crippen molar-refractivity contribution >= 4 is 177 Å². The fourth-order valence-corrected chi connectivity index (χ4v) is 31.7. The lowest BCUT2D eigenvalue weighted by Gasteiger charge is -2.35.